The molecule has 1 N–H and O–H groups in total. The Morgan fingerprint density at radius 2 is 2.11 bits per heavy atom. The highest BCUT2D eigenvalue weighted by atomic mass is 19.4. The molecule has 1 aromatic carbocycles. The lowest BCUT2D eigenvalue weighted by atomic mass is 10.1. The van der Waals surface area contributed by atoms with Crippen molar-refractivity contribution in [1.29, 1.82) is 0 Å². The third-order valence-corrected chi connectivity index (χ3v) is 4.68. The summed E-state index contributed by atoms with van der Waals surface area (Å²) >= 11 is 0. The Hall–Kier alpha value is -2.20. The number of alkyl halides is 3. The molecule has 2 saturated heterocycles. The van der Waals surface area contributed by atoms with Crippen molar-refractivity contribution in [2.75, 3.05) is 26.3 Å². The number of carbonyl (C=O) groups is 2. The number of halogens is 4. The SMILES string of the molecule is O=C1COCC(CCC(=O)N2CC(OCc3ccc(C(F)(F)F)cc3F)C2)N1.[HH]. The first kappa shape index (κ1) is 20.5. The van der Waals surface area contributed by atoms with Gasteiger partial charge in [0.05, 0.1) is 30.9 Å². The lowest BCUT2D eigenvalue weighted by molar-refractivity contribution is -0.146. The maximum absolute atomic E-state index is 13.8. The first-order valence-corrected chi connectivity index (χ1v) is 8.84. The summed E-state index contributed by atoms with van der Waals surface area (Å²) in [5, 5.41) is 2.75. The molecule has 156 valence electrons. The Bertz CT molecular complexity index is 741. The third-order valence-electron chi connectivity index (χ3n) is 4.68. The minimum Gasteiger partial charge on any atom is -0.370 e. The average Bonchev–Trinajstić information content (AvgIpc) is 2.59. The van der Waals surface area contributed by atoms with Gasteiger partial charge in [-0.15, -0.1) is 0 Å². The van der Waals surface area contributed by atoms with Crippen molar-refractivity contribution in [1.82, 2.24) is 10.2 Å². The molecule has 1 unspecified atom stereocenters. The van der Waals surface area contributed by atoms with Crippen molar-refractivity contribution in [3.63, 3.8) is 0 Å². The molecule has 1 aromatic rings. The monoisotopic (exact) mass is 406 g/mol. The molecule has 0 saturated carbocycles. The van der Waals surface area contributed by atoms with Crippen LogP contribution in [-0.4, -0.2) is 55.2 Å². The quantitative estimate of drug-likeness (QED) is 0.735. The van der Waals surface area contributed by atoms with E-state index in [1.807, 2.05) is 0 Å². The van der Waals surface area contributed by atoms with Gasteiger partial charge >= 0.3 is 6.18 Å². The lowest BCUT2D eigenvalue weighted by Gasteiger charge is -2.39. The molecule has 3 rings (SSSR count). The maximum Gasteiger partial charge on any atom is 0.416 e. The predicted molar refractivity (Wildman–Crippen MR) is 90.7 cm³/mol. The molecule has 6 nitrogen and oxygen atoms in total. The van der Waals surface area contributed by atoms with E-state index in [0.717, 1.165) is 12.1 Å². The van der Waals surface area contributed by atoms with Gasteiger partial charge in [-0.2, -0.15) is 13.2 Å². The zero-order valence-electron chi connectivity index (χ0n) is 14.9. The number of benzene rings is 1. The van der Waals surface area contributed by atoms with E-state index < -0.39 is 17.6 Å². The summed E-state index contributed by atoms with van der Waals surface area (Å²) in [7, 11) is 0. The second-order valence-electron chi connectivity index (χ2n) is 6.85. The standard InChI is InChI=1S/C18H20F4N2O4.H2/c19-15-5-12(18(20,21)22)2-1-11(15)8-28-14-6-24(7-14)17(26)4-3-13-9-27-10-16(25)23-13;/h1-2,5,13-14H,3-4,6-10H2,(H,23,25);1H. The topological polar surface area (TPSA) is 67.9 Å². The van der Waals surface area contributed by atoms with Crippen LogP contribution in [0, 0.1) is 5.82 Å². The predicted octanol–water partition coefficient (Wildman–Crippen LogP) is 2.11. The fourth-order valence-electron chi connectivity index (χ4n) is 3.01. The number of amides is 2. The van der Waals surface area contributed by atoms with Gasteiger partial charge in [-0.1, -0.05) is 6.07 Å². The van der Waals surface area contributed by atoms with Gasteiger partial charge < -0.3 is 19.7 Å². The van der Waals surface area contributed by atoms with Crippen LogP contribution in [0.2, 0.25) is 0 Å². The number of carbonyl (C=O) groups excluding carboxylic acids is 2. The van der Waals surface area contributed by atoms with Gasteiger partial charge in [-0.25, -0.2) is 4.39 Å². The molecule has 0 spiro atoms. The molecule has 2 fully saturated rings. The molecule has 1 atom stereocenters. The smallest absolute Gasteiger partial charge is 0.370 e. The van der Waals surface area contributed by atoms with E-state index in [1.54, 1.807) is 4.90 Å². The molecule has 2 aliphatic rings. The first-order chi connectivity index (χ1) is 13.2. The number of hydrogen-bond donors (Lipinski definition) is 1. The largest absolute Gasteiger partial charge is 0.416 e. The van der Waals surface area contributed by atoms with Gasteiger partial charge in [0.15, 0.2) is 0 Å². The maximum atomic E-state index is 13.8. The number of nitrogens with zero attached hydrogens (tertiary/aromatic N) is 1. The van der Waals surface area contributed by atoms with Crippen molar-refractivity contribution >= 4 is 11.8 Å². The molecular weight excluding hydrogens is 384 g/mol. The summed E-state index contributed by atoms with van der Waals surface area (Å²) in [6, 6.07) is 2.14. The average molecular weight is 406 g/mol. The Labute approximate surface area is 160 Å². The first-order valence-electron chi connectivity index (χ1n) is 8.84. The highest BCUT2D eigenvalue weighted by Crippen LogP contribution is 2.30. The van der Waals surface area contributed by atoms with Crippen molar-refractivity contribution in [2.24, 2.45) is 0 Å². The van der Waals surface area contributed by atoms with Crippen LogP contribution in [0.25, 0.3) is 0 Å². The zero-order chi connectivity index (χ0) is 20.3. The molecule has 0 radical (unpaired) electrons. The van der Waals surface area contributed by atoms with Crippen molar-refractivity contribution in [2.45, 2.75) is 37.8 Å². The summed E-state index contributed by atoms with van der Waals surface area (Å²) in [6.45, 7) is 0.934. The zero-order valence-corrected chi connectivity index (χ0v) is 14.9. The van der Waals surface area contributed by atoms with Crippen LogP contribution in [0.3, 0.4) is 0 Å². The molecule has 0 aliphatic carbocycles. The van der Waals surface area contributed by atoms with E-state index in [-0.39, 0.29) is 50.6 Å². The molecule has 2 aliphatic heterocycles. The van der Waals surface area contributed by atoms with Gasteiger partial charge in [0.25, 0.3) is 0 Å². The van der Waals surface area contributed by atoms with Gasteiger partial charge in [0, 0.05) is 26.5 Å². The van der Waals surface area contributed by atoms with Gasteiger partial charge in [0.2, 0.25) is 11.8 Å². The summed E-state index contributed by atoms with van der Waals surface area (Å²) in [6.07, 6.45) is -4.15. The van der Waals surface area contributed by atoms with Crippen molar-refractivity contribution in [3.8, 4) is 0 Å². The molecule has 2 heterocycles. The van der Waals surface area contributed by atoms with Gasteiger partial charge in [-0.3, -0.25) is 9.59 Å². The molecule has 0 bridgehead atoms. The van der Waals surface area contributed by atoms with Crippen LogP contribution in [0.1, 0.15) is 25.4 Å². The van der Waals surface area contributed by atoms with Crippen LogP contribution in [0.15, 0.2) is 18.2 Å². The summed E-state index contributed by atoms with van der Waals surface area (Å²) in [4.78, 5) is 24.9. The fourth-order valence-corrected chi connectivity index (χ4v) is 3.01. The number of ether oxygens (including phenoxy) is 2. The minimum atomic E-state index is -4.60. The van der Waals surface area contributed by atoms with Crippen LogP contribution in [0.5, 0.6) is 0 Å². The van der Waals surface area contributed by atoms with E-state index in [9.17, 15) is 27.2 Å². The van der Waals surface area contributed by atoms with Crippen LogP contribution < -0.4 is 5.32 Å². The van der Waals surface area contributed by atoms with Crippen LogP contribution >= 0.6 is 0 Å². The molecule has 2 amide bonds. The second-order valence-corrected chi connectivity index (χ2v) is 6.85. The van der Waals surface area contributed by atoms with Crippen molar-refractivity contribution in [3.05, 3.63) is 35.1 Å². The van der Waals surface area contributed by atoms with Crippen LogP contribution in [0.4, 0.5) is 17.6 Å². The molecule has 0 aromatic heterocycles. The Morgan fingerprint density at radius 3 is 2.75 bits per heavy atom. The molecule has 28 heavy (non-hydrogen) atoms. The van der Waals surface area contributed by atoms with Crippen molar-refractivity contribution < 1.29 is 38.1 Å². The number of likely N-dealkylation sites (tertiary alicyclic amines) is 1. The van der Waals surface area contributed by atoms with E-state index in [4.69, 9.17) is 9.47 Å². The minimum absolute atomic E-state index is 0. The fraction of sp³-hybridized carbons (Fsp3) is 0.556. The van der Waals surface area contributed by atoms with Gasteiger partial charge in [0.1, 0.15) is 12.4 Å². The lowest BCUT2D eigenvalue weighted by Crippen LogP contribution is -2.55. The number of rotatable bonds is 6. The number of nitrogens with one attached hydrogen (secondary N) is 1. The summed E-state index contributed by atoms with van der Waals surface area (Å²) < 4.78 is 62.0. The second kappa shape index (κ2) is 8.44. The molecular formula is C18H22F4N2O4. The van der Waals surface area contributed by atoms with E-state index >= 15 is 0 Å². The number of hydrogen-bond acceptors (Lipinski definition) is 4. The Morgan fingerprint density at radius 1 is 1.36 bits per heavy atom. The van der Waals surface area contributed by atoms with E-state index in [0.29, 0.717) is 32.2 Å². The number of morpholine rings is 1. The Balaban J connectivity index is 0.00000300. The summed E-state index contributed by atoms with van der Waals surface area (Å²) in [5.41, 5.74) is -1.01. The Kier molecular flexibility index (Phi) is 6.19. The third kappa shape index (κ3) is 5.20. The highest BCUT2D eigenvalue weighted by molar-refractivity contribution is 5.79. The molecule has 10 heteroatoms. The van der Waals surface area contributed by atoms with Gasteiger partial charge in [-0.05, 0) is 18.6 Å². The highest BCUT2D eigenvalue weighted by Gasteiger charge is 2.33. The summed E-state index contributed by atoms with van der Waals surface area (Å²) in [5.74, 6) is -1.25. The normalized spacial score (nSPS) is 20.6. The van der Waals surface area contributed by atoms with E-state index in [2.05, 4.69) is 5.32 Å². The van der Waals surface area contributed by atoms with E-state index in [1.165, 1.54) is 0 Å². The van der Waals surface area contributed by atoms with Crippen LogP contribution in [-0.2, 0) is 31.8 Å².